The van der Waals surface area contributed by atoms with E-state index in [1.165, 1.54) is 6.07 Å². The predicted molar refractivity (Wildman–Crippen MR) is 69.7 cm³/mol. The molecule has 0 radical (unpaired) electrons. The van der Waals surface area contributed by atoms with Crippen LogP contribution in [-0.4, -0.2) is 10.5 Å². The molecule has 1 aromatic heterocycles. The topological polar surface area (TPSA) is 65.1 Å². The number of halogens is 1. The minimum atomic E-state index is -0.353. The molecule has 0 spiro atoms. The van der Waals surface area contributed by atoms with E-state index in [4.69, 9.17) is 5.73 Å². The number of primary amides is 1. The lowest BCUT2D eigenvalue weighted by molar-refractivity contribution is -0.118. The van der Waals surface area contributed by atoms with Gasteiger partial charge in [0, 0.05) is 35.1 Å². The molecule has 0 saturated carbocycles. The second kappa shape index (κ2) is 4.71. The zero-order valence-corrected chi connectivity index (χ0v) is 10.6. The first kappa shape index (κ1) is 11.9. The highest BCUT2D eigenvalue weighted by atomic mass is 79.9. The monoisotopic (exact) mass is 294 g/mol. The largest absolute Gasteiger partial charge is 0.370 e. The SMILES string of the molecule is NC(=O)CCn1ccc(=O)c2cc(Br)ccc21. The Labute approximate surface area is 106 Å². The molecule has 1 amide bonds. The average molecular weight is 295 g/mol. The predicted octanol–water partition coefficient (Wildman–Crippen LogP) is 1.64. The Morgan fingerprint density at radius 3 is 2.82 bits per heavy atom. The minimum Gasteiger partial charge on any atom is -0.370 e. The highest BCUT2D eigenvalue weighted by Gasteiger charge is 2.04. The van der Waals surface area contributed by atoms with E-state index in [2.05, 4.69) is 15.9 Å². The molecular formula is C12H11BrN2O2. The fraction of sp³-hybridized carbons (Fsp3) is 0.167. The molecule has 0 unspecified atom stereocenters. The summed E-state index contributed by atoms with van der Waals surface area (Å²) in [6.45, 7) is 0.480. The molecule has 17 heavy (non-hydrogen) atoms. The number of hydrogen-bond donors (Lipinski definition) is 1. The lowest BCUT2D eigenvalue weighted by Crippen LogP contribution is -2.15. The second-order valence-corrected chi connectivity index (χ2v) is 4.67. The van der Waals surface area contributed by atoms with E-state index in [-0.39, 0.29) is 17.8 Å². The van der Waals surface area contributed by atoms with Gasteiger partial charge in [-0.25, -0.2) is 0 Å². The average Bonchev–Trinajstić information content (AvgIpc) is 2.28. The van der Waals surface area contributed by atoms with Crippen molar-refractivity contribution in [2.45, 2.75) is 13.0 Å². The van der Waals surface area contributed by atoms with Crippen LogP contribution >= 0.6 is 15.9 Å². The maximum absolute atomic E-state index is 11.7. The summed E-state index contributed by atoms with van der Waals surface area (Å²) in [5.74, 6) is -0.353. The first-order valence-corrected chi connectivity index (χ1v) is 5.94. The van der Waals surface area contributed by atoms with Gasteiger partial charge < -0.3 is 10.3 Å². The van der Waals surface area contributed by atoms with Crippen molar-refractivity contribution >= 4 is 32.7 Å². The number of aromatic nitrogens is 1. The molecule has 0 saturated heterocycles. The normalized spacial score (nSPS) is 10.6. The minimum absolute atomic E-state index is 0.0309. The van der Waals surface area contributed by atoms with E-state index in [1.807, 2.05) is 16.7 Å². The van der Waals surface area contributed by atoms with E-state index < -0.39 is 0 Å². The molecular weight excluding hydrogens is 284 g/mol. The van der Waals surface area contributed by atoms with Crippen LogP contribution in [0.4, 0.5) is 0 Å². The summed E-state index contributed by atoms with van der Waals surface area (Å²) in [4.78, 5) is 22.5. The van der Waals surface area contributed by atoms with Crippen molar-refractivity contribution in [3.8, 4) is 0 Å². The van der Waals surface area contributed by atoms with E-state index >= 15 is 0 Å². The number of fused-ring (bicyclic) bond motifs is 1. The van der Waals surface area contributed by atoms with Crippen LogP contribution in [0.15, 0.2) is 39.7 Å². The first-order chi connectivity index (χ1) is 8.08. The summed E-state index contributed by atoms with van der Waals surface area (Å²) >= 11 is 3.33. The molecule has 2 N–H and O–H groups in total. The highest BCUT2D eigenvalue weighted by Crippen LogP contribution is 2.17. The van der Waals surface area contributed by atoms with Crippen molar-refractivity contribution < 1.29 is 4.79 Å². The van der Waals surface area contributed by atoms with Gasteiger partial charge in [-0.1, -0.05) is 15.9 Å². The summed E-state index contributed by atoms with van der Waals surface area (Å²) in [5.41, 5.74) is 5.89. The number of hydrogen-bond acceptors (Lipinski definition) is 2. The molecule has 2 aromatic rings. The Balaban J connectivity index is 2.54. The maximum Gasteiger partial charge on any atom is 0.219 e. The molecule has 2 rings (SSSR count). The number of pyridine rings is 1. The number of amides is 1. The van der Waals surface area contributed by atoms with Gasteiger partial charge in [-0.3, -0.25) is 9.59 Å². The van der Waals surface area contributed by atoms with Gasteiger partial charge in [-0.15, -0.1) is 0 Å². The molecule has 0 fully saturated rings. The van der Waals surface area contributed by atoms with Crippen molar-refractivity contribution in [3.05, 3.63) is 45.2 Å². The smallest absolute Gasteiger partial charge is 0.219 e. The van der Waals surface area contributed by atoms with Crippen LogP contribution < -0.4 is 11.2 Å². The van der Waals surface area contributed by atoms with Gasteiger partial charge in [0.15, 0.2) is 5.43 Å². The lowest BCUT2D eigenvalue weighted by atomic mass is 10.2. The molecule has 4 nitrogen and oxygen atoms in total. The Morgan fingerprint density at radius 2 is 2.12 bits per heavy atom. The molecule has 0 aliphatic carbocycles. The molecule has 0 aliphatic rings. The van der Waals surface area contributed by atoms with Crippen LogP contribution in [-0.2, 0) is 11.3 Å². The van der Waals surface area contributed by atoms with Crippen LogP contribution in [0, 0.1) is 0 Å². The number of benzene rings is 1. The van der Waals surface area contributed by atoms with Crippen molar-refractivity contribution in [3.63, 3.8) is 0 Å². The standard InChI is InChI=1S/C12H11BrN2O2/c13-8-1-2-10-9(7-8)11(16)3-5-15(10)6-4-12(14)17/h1-3,5,7H,4,6H2,(H2,14,17). The van der Waals surface area contributed by atoms with Crippen LogP contribution in [0.25, 0.3) is 10.9 Å². The first-order valence-electron chi connectivity index (χ1n) is 5.15. The van der Waals surface area contributed by atoms with Gasteiger partial charge in [0.1, 0.15) is 0 Å². The van der Waals surface area contributed by atoms with Crippen molar-refractivity contribution in [1.82, 2.24) is 4.57 Å². The molecule has 88 valence electrons. The lowest BCUT2D eigenvalue weighted by Gasteiger charge is -2.09. The number of carbonyl (C=O) groups excluding carboxylic acids is 1. The van der Waals surface area contributed by atoms with Crippen LogP contribution in [0.5, 0.6) is 0 Å². The fourth-order valence-electron chi connectivity index (χ4n) is 1.71. The molecule has 0 aliphatic heterocycles. The van der Waals surface area contributed by atoms with E-state index in [0.29, 0.717) is 11.9 Å². The van der Waals surface area contributed by atoms with E-state index in [9.17, 15) is 9.59 Å². The van der Waals surface area contributed by atoms with Gasteiger partial charge in [0.05, 0.1) is 5.52 Å². The summed E-state index contributed by atoms with van der Waals surface area (Å²) in [5, 5.41) is 0.631. The summed E-state index contributed by atoms with van der Waals surface area (Å²) in [6.07, 6.45) is 1.94. The van der Waals surface area contributed by atoms with Crippen LogP contribution in [0.2, 0.25) is 0 Å². The molecule has 0 bridgehead atoms. The molecule has 0 atom stereocenters. The highest BCUT2D eigenvalue weighted by molar-refractivity contribution is 9.10. The quantitative estimate of drug-likeness (QED) is 0.935. The van der Waals surface area contributed by atoms with Crippen molar-refractivity contribution in [2.75, 3.05) is 0 Å². The summed E-state index contributed by atoms with van der Waals surface area (Å²) in [7, 11) is 0. The van der Waals surface area contributed by atoms with Gasteiger partial charge in [0.25, 0.3) is 0 Å². The van der Waals surface area contributed by atoms with Crippen molar-refractivity contribution in [1.29, 1.82) is 0 Å². The van der Waals surface area contributed by atoms with Gasteiger partial charge in [-0.2, -0.15) is 0 Å². The molecule has 1 aromatic carbocycles. The van der Waals surface area contributed by atoms with E-state index in [0.717, 1.165) is 9.99 Å². The zero-order valence-electron chi connectivity index (χ0n) is 9.02. The number of rotatable bonds is 3. The third-order valence-corrected chi connectivity index (χ3v) is 3.03. The van der Waals surface area contributed by atoms with Gasteiger partial charge in [-0.05, 0) is 18.2 Å². The third-order valence-electron chi connectivity index (χ3n) is 2.54. The molecule has 1 heterocycles. The Bertz CT molecular complexity index is 634. The maximum atomic E-state index is 11.7. The van der Waals surface area contributed by atoms with E-state index in [1.54, 1.807) is 12.3 Å². The second-order valence-electron chi connectivity index (χ2n) is 3.75. The van der Waals surface area contributed by atoms with Crippen molar-refractivity contribution in [2.24, 2.45) is 5.73 Å². The van der Waals surface area contributed by atoms with Gasteiger partial charge >= 0.3 is 0 Å². The Morgan fingerprint density at radius 1 is 1.35 bits per heavy atom. The Kier molecular flexibility index (Phi) is 3.28. The third kappa shape index (κ3) is 2.55. The number of carbonyl (C=O) groups is 1. The summed E-state index contributed by atoms with van der Waals surface area (Å²) < 4.78 is 2.71. The van der Waals surface area contributed by atoms with Crippen LogP contribution in [0.1, 0.15) is 6.42 Å². The van der Waals surface area contributed by atoms with Gasteiger partial charge in [0.2, 0.25) is 5.91 Å². The fourth-order valence-corrected chi connectivity index (χ4v) is 2.07. The molecule has 5 heteroatoms. The number of aryl methyl sites for hydroxylation is 1. The number of nitrogens with two attached hydrogens (primary N) is 1. The number of nitrogens with zero attached hydrogens (tertiary/aromatic N) is 1. The van der Waals surface area contributed by atoms with Crippen LogP contribution in [0.3, 0.4) is 0 Å². The summed E-state index contributed by atoms with van der Waals surface area (Å²) in [6, 6.07) is 6.98. The zero-order chi connectivity index (χ0) is 12.4. The Hall–Kier alpha value is -1.62.